The molecular weight excluding hydrogens is 178 g/mol. The van der Waals surface area contributed by atoms with Crippen molar-refractivity contribution in [1.82, 2.24) is 5.23 Å². The first-order valence-electron chi connectivity index (χ1n) is 4.85. The first-order valence-corrected chi connectivity index (χ1v) is 4.85. The van der Waals surface area contributed by atoms with Gasteiger partial charge in [-0.2, -0.15) is 0 Å². The van der Waals surface area contributed by atoms with Crippen LogP contribution in [0.5, 0.6) is 0 Å². The maximum Gasteiger partial charge on any atom is 0.0767 e. The minimum absolute atomic E-state index is 0.650. The predicted molar refractivity (Wildman–Crippen MR) is 55.2 cm³/mol. The first kappa shape index (κ1) is 11.2. The Morgan fingerprint density at radius 1 is 1.21 bits per heavy atom. The van der Waals surface area contributed by atoms with Crippen molar-refractivity contribution < 1.29 is 9.68 Å². The monoisotopic (exact) mass is 195 g/mol. The Morgan fingerprint density at radius 3 is 2.50 bits per heavy atom. The summed E-state index contributed by atoms with van der Waals surface area (Å²) in [4.78, 5) is 10.4. The van der Waals surface area contributed by atoms with Crippen molar-refractivity contribution in [3.63, 3.8) is 0 Å². The van der Waals surface area contributed by atoms with E-state index in [0.29, 0.717) is 13.2 Å². The fourth-order valence-electron chi connectivity index (χ4n) is 1.09. The van der Waals surface area contributed by atoms with Gasteiger partial charge in [-0.15, -0.1) is 0 Å². The lowest BCUT2D eigenvalue weighted by Gasteiger charge is -2.18. The second-order valence-electron chi connectivity index (χ2n) is 2.99. The Bertz CT molecular complexity index is 238. The van der Waals surface area contributed by atoms with Crippen LogP contribution in [0.25, 0.3) is 0 Å². The van der Waals surface area contributed by atoms with E-state index in [1.54, 1.807) is 7.11 Å². The SMILES string of the molecule is CCCON(Cc1ccccc1)OC. The summed E-state index contributed by atoms with van der Waals surface area (Å²) in [6.45, 7) is 3.40. The van der Waals surface area contributed by atoms with E-state index in [9.17, 15) is 0 Å². The van der Waals surface area contributed by atoms with Crippen molar-refractivity contribution in [2.75, 3.05) is 13.7 Å². The summed E-state index contributed by atoms with van der Waals surface area (Å²) in [6.07, 6.45) is 0.981. The molecule has 3 heteroatoms. The number of nitrogens with zero attached hydrogens (tertiary/aromatic N) is 1. The van der Waals surface area contributed by atoms with Crippen LogP contribution in [-0.4, -0.2) is 18.9 Å². The molecule has 0 saturated heterocycles. The van der Waals surface area contributed by atoms with Crippen LogP contribution in [0, 0.1) is 0 Å². The third-order valence-corrected chi connectivity index (χ3v) is 1.80. The summed E-state index contributed by atoms with van der Waals surface area (Å²) >= 11 is 0. The molecule has 78 valence electrons. The molecule has 0 unspecified atom stereocenters. The second kappa shape index (κ2) is 6.54. The lowest BCUT2D eigenvalue weighted by atomic mass is 10.2. The van der Waals surface area contributed by atoms with E-state index >= 15 is 0 Å². The van der Waals surface area contributed by atoms with Crippen LogP contribution >= 0.6 is 0 Å². The van der Waals surface area contributed by atoms with Crippen molar-refractivity contribution in [2.24, 2.45) is 0 Å². The van der Waals surface area contributed by atoms with Crippen molar-refractivity contribution >= 4 is 0 Å². The van der Waals surface area contributed by atoms with E-state index < -0.39 is 0 Å². The molecular formula is C11H17NO2. The van der Waals surface area contributed by atoms with Gasteiger partial charge in [-0.05, 0) is 12.0 Å². The van der Waals surface area contributed by atoms with E-state index in [1.165, 1.54) is 10.8 Å². The zero-order valence-corrected chi connectivity index (χ0v) is 8.77. The maximum absolute atomic E-state index is 5.36. The van der Waals surface area contributed by atoms with Crippen LogP contribution in [0.2, 0.25) is 0 Å². The molecule has 0 N–H and O–H groups in total. The van der Waals surface area contributed by atoms with Crippen LogP contribution in [0.3, 0.4) is 0 Å². The Kier molecular flexibility index (Phi) is 5.22. The highest BCUT2D eigenvalue weighted by Crippen LogP contribution is 2.04. The van der Waals surface area contributed by atoms with Crippen LogP contribution < -0.4 is 0 Å². The molecule has 0 aliphatic carbocycles. The van der Waals surface area contributed by atoms with E-state index in [1.807, 2.05) is 30.3 Å². The lowest BCUT2D eigenvalue weighted by Crippen LogP contribution is -2.22. The van der Waals surface area contributed by atoms with Gasteiger partial charge in [0.15, 0.2) is 0 Å². The van der Waals surface area contributed by atoms with Gasteiger partial charge < -0.3 is 0 Å². The average Bonchev–Trinajstić information content (AvgIpc) is 2.25. The number of hydrogen-bond donors (Lipinski definition) is 0. The summed E-state index contributed by atoms with van der Waals surface area (Å²) in [5.41, 5.74) is 1.17. The summed E-state index contributed by atoms with van der Waals surface area (Å²) in [7, 11) is 1.61. The highest BCUT2D eigenvalue weighted by atomic mass is 16.9. The first-order chi connectivity index (χ1) is 6.86. The highest BCUT2D eigenvalue weighted by Gasteiger charge is 2.03. The third-order valence-electron chi connectivity index (χ3n) is 1.80. The Morgan fingerprint density at radius 2 is 1.93 bits per heavy atom. The van der Waals surface area contributed by atoms with E-state index in [0.717, 1.165) is 6.42 Å². The molecule has 3 nitrogen and oxygen atoms in total. The number of rotatable bonds is 6. The molecule has 0 aliphatic rings. The predicted octanol–water partition coefficient (Wildman–Crippen LogP) is 2.39. The minimum atomic E-state index is 0.650. The van der Waals surface area contributed by atoms with Gasteiger partial charge in [0.05, 0.1) is 20.3 Å². The summed E-state index contributed by atoms with van der Waals surface area (Å²) in [5, 5.41) is 1.50. The van der Waals surface area contributed by atoms with Crippen molar-refractivity contribution in [3.8, 4) is 0 Å². The molecule has 0 atom stereocenters. The van der Waals surface area contributed by atoms with Gasteiger partial charge in [0.1, 0.15) is 0 Å². The fraction of sp³-hybridized carbons (Fsp3) is 0.455. The molecule has 0 radical (unpaired) electrons. The second-order valence-corrected chi connectivity index (χ2v) is 2.99. The molecule has 0 aliphatic heterocycles. The maximum atomic E-state index is 5.36. The molecule has 0 aromatic heterocycles. The largest absolute Gasteiger partial charge is 0.277 e. The smallest absolute Gasteiger partial charge is 0.0767 e. The van der Waals surface area contributed by atoms with Crippen molar-refractivity contribution in [3.05, 3.63) is 35.9 Å². The van der Waals surface area contributed by atoms with Crippen molar-refractivity contribution in [2.45, 2.75) is 19.9 Å². The summed E-state index contributed by atoms with van der Waals surface area (Å²) in [5.74, 6) is 0. The standard InChI is InChI=1S/C11H17NO2/c1-3-9-14-12(13-2)10-11-7-5-4-6-8-11/h4-8H,3,9-10H2,1-2H3. The molecule has 1 aromatic rings. The molecule has 0 bridgehead atoms. The van der Waals surface area contributed by atoms with Crippen LogP contribution in [-0.2, 0) is 16.2 Å². The Balaban J connectivity index is 2.40. The number of hydroxylamine groups is 2. The topological polar surface area (TPSA) is 21.7 Å². The summed E-state index contributed by atoms with van der Waals surface area (Å²) in [6, 6.07) is 10.1. The van der Waals surface area contributed by atoms with Gasteiger partial charge in [-0.25, -0.2) is 0 Å². The van der Waals surface area contributed by atoms with E-state index in [-0.39, 0.29) is 0 Å². The van der Waals surface area contributed by atoms with Crippen LogP contribution in [0.4, 0.5) is 0 Å². The highest BCUT2D eigenvalue weighted by molar-refractivity contribution is 5.13. The molecule has 1 aromatic carbocycles. The molecule has 1 rings (SSSR count). The quantitative estimate of drug-likeness (QED) is 0.650. The molecule has 0 saturated carbocycles. The van der Waals surface area contributed by atoms with Gasteiger partial charge in [-0.3, -0.25) is 9.68 Å². The fourth-order valence-corrected chi connectivity index (χ4v) is 1.09. The molecule has 0 spiro atoms. The Labute approximate surface area is 85.2 Å². The third kappa shape index (κ3) is 3.87. The molecule has 0 amide bonds. The lowest BCUT2D eigenvalue weighted by molar-refractivity contribution is -0.362. The minimum Gasteiger partial charge on any atom is -0.277 e. The van der Waals surface area contributed by atoms with Gasteiger partial charge in [0, 0.05) is 0 Å². The summed E-state index contributed by atoms with van der Waals surface area (Å²) < 4.78 is 0. The van der Waals surface area contributed by atoms with Gasteiger partial charge >= 0.3 is 0 Å². The zero-order chi connectivity index (χ0) is 10.2. The van der Waals surface area contributed by atoms with Gasteiger partial charge in [0.2, 0.25) is 0 Å². The average molecular weight is 195 g/mol. The number of benzene rings is 1. The molecule has 14 heavy (non-hydrogen) atoms. The Hall–Kier alpha value is -0.900. The normalized spacial score (nSPS) is 10.8. The van der Waals surface area contributed by atoms with Crippen LogP contribution in [0.15, 0.2) is 30.3 Å². The number of hydrogen-bond acceptors (Lipinski definition) is 3. The van der Waals surface area contributed by atoms with Gasteiger partial charge in [-0.1, -0.05) is 42.5 Å². The molecule has 0 heterocycles. The van der Waals surface area contributed by atoms with Crippen molar-refractivity contribution in [1.29, 1.82) is 0 Å². The van der Waals surface area contributed by atoms with Gasteiger partial charge in [0.25, 0.3) is 0 Å². The molecule has 0 fully saturated rings. The zero-order valence-electron chi connectivity index (χ0n) is 8.77. The van der Waals surface area contributed by atoms with Crippen LogP contribution in [0.1, 0.15) is 18.9 Å². The van der Waals surface area contributed by atoms with E-state index in [2.05, 4.69) is 6.92 Å². The van der Waals surface area contributed by atoms with E-state index in [4.69, 9.17) is 9.68 Å².